The molecule has 0 spiro atoms. The Morgan fingerprint density at radius 1 is 1.43 bits per heavy atom. The van der Waals surface area contributed by atoms with E-state index in [1.165, 1.54) is 13.8 Å². The molecule has 0 saturated carbocycles. The number of hydrogen-bond donors (Lipinski definition) is 1. The summed E-state index contributed by atoms with van der Waals surface area (Å²) in [7, 11) is -4.14. The van der Waals surface area contributed by atoms with Crippen LogP contribution in [0.15, 0.2) is 27.9 Å². The van der Waals surface area contributed by atoms with Crippen LogP contribution < -0.4 is 4.72 Å². The summed E-state index contributed by atoms with van der Waals surface area (Å²) < 4.78 is 44.9. The fourth-order valence-corrected chi connectivity index (χ4v) is 3.50. The molecule has 1 heterocycles. The molecule has 0 atom stereocenters. The minimum Gasteiger partial charge on any atom is -0.362 e. The lowest BCUT2D eigenvalue weighted by Gasteiger charge is -2.12. The monoisotopic (exact) mass is 315 g/mol. The summed E-state index contributed by atoms with van der Waals surface area (Å²) in [6, 6.07) is 0.813. The number of sulfonamides is 1. The van der Waals surface area contributed by atoms with Crippen molar-refractivity contribution >= 4 is 21.4 Å². The van der Waals surface area contributed by atoms with E-state index in [0.29, 0.717) is 0 Å². The lowest BCUT2D eigenvalue weighted by atomic mass is 10.1. The van der Waals surface area contributed by atoms with E-state index in [-0.39, 0.29) is 21.7 Å². The molecule has 2 aromatic rings. The van der Waals surface area contributed by atoms with Crippen molar-refractivity contribution in [3.63, 3.8) is 0 Å². The molecule has 0 aliphatic carbocycles. The van der Waals surface area contributed by atoms with Crippen molar-refractivity contribution < 1.29 is 22.3 Å². The molecule has 0 fully saturated rings. The molecule has 21 heavy (non-hydrogen) atoms. The number of nitrogens with one attached hydrogen (secondary N) is 1. The maximum atomic E-state index is 13.6. The second-order valence-electron chi connectivity index (χ2n) is 4.25. The molecule has 0 aliphatic heterocycles. The van der Waals surface area contributed by atoms with Crippen molar-refractivity contribution in [3.8, 4) is 0 Å². The van der Waals surface area contributed by atoms with E-state index in [2.05, 4.69) is 14.4 Å². The zero-order valence-electron chi connectivity index (χ0n) is 11.0. The quantitative estimate of drug-likeness (QED) is 0.682. The van der Waals surface area contributed by atoms with Gasteiger partial charge < -0.3 is 4.52 Å². The van der Waals surface area contributed by atoms with Gasteiger partial charge in [-0.15, -0.1) is 0 Å². The molecule has 10 heteroatoms. The Hall–Kier alpha value is -2.49. The highest BCUT2D eigenvalue weighted by Gasteiger charge is 2.29. The highest BCUT2D eigenvalue weighted by Crippen LogP contribution is 2.32. The van der Waals surface area contributed by atoms with Gasteiger partial charge in [-0.25, -0.2) is 8.42 Å². The summed E-state index contributed by atoms with van der Waals surface area (Å²) in [6.45, 7) is 2.53. The van der Waals surface area contributed by atoms with Gasteiger partial charge in [-0.2, -0.15) is 4.39 Å². The van der Waals surface area contributed by atoms with Gasteiger partial charge in [0.25, 0.3) is 10.0 Å². The fourth-order valence-electron chi connectivity index (χ4n) is 2.01. The molecule has 1 aromatic carbocycles. The van der Waals surface area contributed by atoms with Crippen molar-refractivity contribution in [1.29, 1.82) is 0 Å². The van der Waals surface area contributed by atoms with Crippen LogP contribution >= 0.6 is 0 Å². The van der Waals surface area contributed by atoms with Crippen LogP contribution in [-0.2, 0) is 10.0 Å². The van der Waals surface area contributed by atoms with E-state index in [9.17, 15) is 22.9 Å². The van der Waals surface area contributed by atoms with Crippen molar-refractivity contribution in [2.75, 3.05) is 4.72 Å². The summed E-state index contributed by atoms with van der Waals surface area (Å²) in [5, 5.41) is 14.2. The summed E-state index contributed by atoms with van der Waals surface area (Å²) >= 11 is 0. The number of aromatic nitrogens is 1. The van der Waals surface area contributed by atoms with E-state index in [0.717, 1.165) is 18.5 Å². The third-order valence-electron chi connectivity index (χ3n) is 2.76. The van der Waals surface area contributed by atoms with Gasteiger partial charge in [-0.3, -0.25) is 14.8 Å². The van der Waals surface area contributed by atoms with E-state index in [1.54, 1.807) is 0 Å². The largest absolute Gasteiger partial charge is 0.362 e. The highest BCUT2D eigenvalue weighted by atomic mass is 32.2. The SMILES string of the molecule is Cc1cc(F)c([N+](=O)[O-])c(C)c1S(=O)(=O)Nc1cnoc1. The van der Waals surface area contributed by atoms with Gasteiger partial charge >= 0.3 is 5.69 Å². The second kappa shape index (κ2) is 5.13. The number of halogens is 1. The number of nitrogens with zero attached hydrogens (tertiary/aromatic N) is 2. The summed E-state index contributed by atoms with van der Waals surface area (Å²) in [5.41, 5.74) is -1.03. The Kier molecular flexibility index (Phi) is 3.64. The molecule has 2 rings (SSSR count). The standard InChI is InChI=1S/C11H10FN3O5S/c1-6-3-9(12)10(15(16)17)7(2)11(6)21(18,19)14-8-4-13-20-5-8/h3-5,14H,1-2H3. The van der Waals surface area contributed by atoms with Crippen LogP contribution in [0.1, 0.15) is 11.1 Å². The highest BCUT2D eigenvalue weighted by molar-refractivity contribution is 7.92. The number of rotatable bonds is 4. The molecule has 0 radical (unpaired) electrons. The van der Waals surface area contributed by atoms with Gasteiger partial charge in [0.2, 0.25) is 5.82 Å². The smallest absolute Gasteiger partial charge is 0.309 e. The van der Waals surface area contributed by atoms with Gasteiger partial charge in [0.05, 0.1) is 16.7 Å². The number of nitro benzene ring substituents is 1. The third kappa shape index (κ3) is 2.70. The average Bonchev–Trinajstić information content (AvgIpc) is 2.78. The zero-order chi connectivity index (χ0) is 15.8. The van der Waals surface area contributed by atoms with Crippen LogP contribution in [0.3, 0.4) is 0 Å². The molecule has 8 nitrogen and oxygen atoms in total. The summed E-state index contributed by atoms with van der Waals surface area (Å²) in [4.78, 5) is 9.57. The fraction of sp³-hybridized carbons (Fsp3) is 0.182. The summed E-state index contributed by atoms with van der Waals surface area (Å²) in [5.74, 6) is -1.08. The molecular weight excluding hydrogens is 305 g/mol. The predicted molar refractivity (Wildman–Crippen MR) is 69.8 cm³/mol. The first-order valence-electron chi connectivity index (χ1n) is 5.60. The Labute approximate surface area is 118 Å². The normalized spacial score (nSPS) is 11.4. The maximum Gasteiger partial charge on any atom is 0.309 e. The Bertz CT molecular complexity index is 802. The van der Waals surface area contributed by atoms with Crippen molar-refractivity contribution in [2.24, 2.45) is 0 Å². The van der Waals surface area contributed by atoms with Crippen LogP contribution in [0, 0.1) is 29.8 Å². The Balaban J connectivity index is 2.63. The number of nitro groups is 1. The molecule has 1 N–H and O–H groups in total. The molecule has 0 amide bonds. The molecule has 112 valence electrons. The van der Waals surface area contributed by atoms with Crippen LogP contribution in [-0.4, -0.2) is 18.5 Å². The molecule has 0 bridgehead atoms. The molecular formula is C11H10FN3O5S. The Morgan fingerprint density at radius 3 is 2.62 bits per heavy atom. The molecule has 1 aromatic heterocycles. The van der Waals surface area contributed by atoms with Gasteiger partial charge in [0.15, 0.2) is 0 Å². The van der Waals surface area contributed by atoms with Crippen LogP contribution in [0.2, 0.25) is 0 Å². The second-order valence-corrected chi connectivity index (χ2v) is 5.87. The van der Waals surface area contributed by atoms with Crippen molar-refractivity contribution in [2.45, 2.75) is 18.7 Å². The van der Waals surface area contributed by atoms with E-state index in [4.69, 9.17) is 0 Å². The average molecular weight is 315 g/mol. The van der Waals surface area contributed by atoms with E-state index < -0.39 is 26.5 Å². The van der Waals surface area contributed by atoms with Gasteiger partial charge in [-0.05, 0) is 25.5 Å². The number of hydrogen-bond acceptors (Lipinski definition) is 6. The molecule has 0 unspecified atom stereocenters. The maximum absolute atomic E-state index is 13.6. The predicted octanol–water partition coefficient (Wildman–Crippen LogP) is 2.14. The van der Waals surface area contributed by atoms with Crippen molar-refractivity contribution in [1.82, 2.24) is 5.16 Å². The third-order valence-corrected chi connectivity index (χ3v) is 4.43. The first-order chi connectivity index (χ1) is 9.74. The van der Waals surface area contributed by atoms with E-state index in [1.807, 2.05) is 0 Å². The number of benzene rings is 1. The minimum atomic E-state index is -4.14. The lowest BCUT2D eigenvalue weighted by Crippen LogP contribution is -2.16. The summed E-state index contributed by atoms with van der Waals surface area (Å²) in [6.07, 6.45) is 2.18. The number of aryl methyl sites for hydroxylation is 1. The zero-order valence-corrected chi connectivity index (χ0v) is 11.8. The van der Waals surface area contributed by atoms with Crippen LogP contribution in [0.4, 0.5) is 15.8 Å². The van der Waals surface area contributed by atoms with Gasteiger partial charge in [0, 0.05) is 0 Å². The van der Waals surface area contributed by atoms with E-state index >= 15 is 0 Å². The van der Waals surface area contributed by atoms with Crippen molar-refractivity contribution in [3.05, 3.63) is 45.6 Å². The first-order valence-corrected chi connectivity index (χ1v) is 7.08. The van der Waals surface area contributed by atoms with Crippen LogP contribution in [0.5, 0.6) is 0 Å². The molecule has 0 saturated heterocycles. The topological polar surface area (TPSA) is 115 Å². The van der Waals surface area contributed by atoms with Crippen LogP contribution in [0.25, 0.3) is 0 Å². The minimum absolute atomic E-state index is 0.0551. The first kappa shape index (κ1) is 14.9. The lowest BCUT2D eigenvalue weighted by molar-refractivity contribution is -0.388. The van der Waals surface area contributed by atoms with Gasteiger partial charge in [0.1, 0.15) is 16.8 Å². The van der Waals surface area contributed by atoms with Gasteiger partial charge in [-0.1, -0.05) is 5.16 Å². The Morgan fingerprint density at radius 2 is 2.10 bits per heavy atom. The molecule has 0 aliphatic rings. The number of anilines is 1.